The molecule has 0 spiro atoms. The van der Waals surface area contributed by atoms with Gasteiger partial charge in [0.1, 0.15) is 12.6 Å². The summed E-state index contributed by atoms with van der Waals surface area (Å²) >= 11 is 0. The molecule has 2 N–H and O–H groups in total. The van der Waals surface area contributed by atoms with Crippen molar-refractivity contribution in [1.82, 2.24) is 5.32 Å². The predicted molar refractivity (Wildman–Crippen MR) is 236 cm³/mol. The Balaban J connectivity index is 4.05. The molecule has 0 radical (unpaired) electrons. The van der Waals surface area contributed by atoms with Crippen molar-refractivity contribution in [2.45, 2.75) is 290 Å². The number of hydrogen-bond acceptors (Lipinski definition) is 4. The van der Waals surface area contributed by atoms with Crippen molar-refractivity contribution >= 4 is 17.8 Å². The van der Waals surface area contributed by atoms with Crippen LogP contribution in [-0.2, 0) is 19.1 Å². The van der Waals surface area contributed by atoms with Gasteiger partial charge in [0.25, 0.3) is 0 Å². The fraction of sp³-hybridized carbons (Fsp3) is 0.939. The highest BCUT2D eigenvalue weighted by Crippen LogP contribution is 2.20. The van der Waals surface area contributed by atoms with Crippen LogP contribution in [0.2, 0.25) is 0 Å². The molecule has 326 valence electrons. The van der Waals surface area contributed by atoms with Crippen molar-refractivity contribution in [3.63, 3.8) is 0 Å². The molecule has 0 aliphatic carbocycles. The van der Waals surface area contributed by atoms with Gasteiger partial charge in [-0.15, -0.1) is 0 Å². The highest BCUT2D eigenvalue weighted by molar-refractivity contribution is 5.80. The third-order valence-electron chi connectivity index (χ3n) is 11.5. The number of ether oxygens (including phenoxy) is 1. The lowest BCUT2D eigenvalue weighted by Gasteiger charge is -2.18. The number of esters is 1. The average molecular weight is 778 g/mol. The van der Waals surface area contributed by atoms with Crippen molar-refractivity contribution in [2.75, 3.05) is 6.54 Å². The van der Waals surface area contributed by atoms with Crippen molar-refractivity contribution in [3.05, 3.63) is 0 Å². The first-order valence-electron chi connectivity index (χ1n) is 24.7. The average Bonchev–Trinajstić information content (AvgIpc) is 3.17. The monoisotopic (exact) mass is 778 g/mol. The van der Waals surface area contributed by atoms with Crippen LogP contribution in [0, 0.1) is 0 Å². The van der Waals surface area contributed by atoms with Crippen molar-refractivity contribution in [1.29, 1.82) is 0 Å². The molecule has 0 aliphatic heterocycles. The third kappa shape index (κ3) is 45.0. The highest BCUT2D eigenvalue weighted by atomic mass is 16.5. The zero-order valence-corrected chi connectivity index (χ0v) is 37.1. The van der Waals surface area contributed by atoms with Crippen LogP contribution in [-0.4, -0.2) is 35.6 Å². The van der Waals surface area contributed by atoms with Gasteiger partial charge in [-0.1, -0.05) is 232 Å². The first-order valence-corrected chi connectivity index (χ1v) is 24.7. The van der Waals surface area contributed by atoms with Gasteiger partial charge in [0.15, 0.2) is 0 Å². The zero-order valence-electron chi connectivity index (χ0n) is 37.1. The molecule has 0 aromatic rings. The number of unbranched alkanes of at least 4 members (excludes halogenated alkanes) is 35. The first kappa shape index (κ1) is 53.4. The van der Waals surface area contributed by atoms with E-state index in [1.807, 2.05) is 0 Å². The van der Waals surface area contributed by atoms with Crippen molar-refractivity contribution in [3.8, 4) is 0 Å². The minimum Gasteiger partial charge on any atom is -0.480 e. The molecule has 0 saturated heterocycles. The molecule has 6 nitrogen and oxygen atoms in total. The van der Waals surface area contributed by atoms with Gasteiger partial charge in [-0.05, 0) is 38.5 Å². The molecule has 0 rings (SSSR count). The second-order valence-electron chi connectivity index (χ2n) is 17.1. The van der Waals surface area contributed by atoms with E-state index in [2.05, 4.69) is 19.2 Å². The number of rotatable bonds is 46. The maximum Gasteiger partial charge on any atom is 0.322 e. The second kappa shape index (κ2) is 45.1. The summed E-state index contributed by atoms with van der Waals surface area (Å²) in [5, 5.41) is 11.1. The van der Waals surface area contributed by atoms with E-state index in [-0.39, 0.29) is 24.5 Å². The van der Waals surface area contributed by atoms with Gasteiger partial charge in [-0.25, -0.2) is 0 Å². The number of carboxylic acids is 1. The van der Waals surface area contributed by atoms with Crippen molar-refractivity contribution < 1.29 is 24.2 Å². The van der Waals surface area contributed by atoms with Gasteiger partial charge in [0.2, 0.25) is 5.91 Å². The molecule has 1 amide bonds. The fourth-order valence-electron chi connectivity index (χ4n) is 7.87. The van der Waals surface area contributed by atoms with E-state index >= 15 is 0 Å². The Bertz CT molecular complexity index is 817. The molecular formula is C49H95NO5. The Hall–Kier alpha value is -1.59. The standard InChI is InChI=1S/C49H95NO5/c1-3-5-7-9-11-13-15-17-19-20-21-22-23-25-27-29-31-36-40-44-49(54)55-46(42-38-34-32-35-39-43-47(51)50-45-48(52)53)41-37-33-30-28-26-24-18-16-14-12-10-8-6-4-2/h46H,3-45H2,1-2H3,(H,50,51)(H,52,53). The largest absolute Gasteiger partial charge is 0.480 e. The molecule has 1 atom stereocenters. The maximum atomic E-state index is 12.8. The molecular weight excluding hydrogens is 683 g/mol. The molecule has 0 aromatic heterocycles. The number of aliphatic carboxylic acids is 1. The smallest absolute Gasteiger partial charge is 0.322 e. The second-order valence-corrected chi connectivity index (χ2v) is 17.1. The molecule has 0 saturated carbocycles. The van der Waals surface area contributed by atoms with E-state index in [9.17, 15) is 14.4 Å². The Morgan fingerprint density at radius 2 is 0.673 bits per heavy atom. The van der Waals surface area contributed by atoms with Crippen LogP contribution in [0.3, 0.4) is 0 Å². The summed E-state index contributed by atoms with van der Waals surface area (Å²) in [6, 6.07) is 0. The number of hydrogen-bond donors (Lipinski definition) is 2. The first-order chi connectivity index (χ1) is 27.0. The van der Waals surface area contributed by atoms with Gasteiger partial charge in [0.05, 0.1) is 0 Å². The minimum absolute atomic E-state index is 0.00490. The summed E-state index contributed by atoms with van der Waals surface area (Å²) in [6.07, 6.45) is 52.4. The van der Waals surface area contributed by atoms with Crippen LogP contribution in [0.5, 0.6) is 0 Å². The summed E-state index contributed by atoms with van der Waals surface area (Å²) in [7, 11) is 0. The van der Waals surface area contributed by atoms with E-state index < -0.39 is 5.97 Å². The summed E-state index contributed by atoms with van der Waals surface area (Å²) in [5.74, 6) is -1.20. The van der Waals surface area contributed by atoms with Crippen LogP contribution < -0.4 is 5.32 Å². The van der Waals surface area contributed by atoms with E-state index in [0.717, 1.165) is 64.2 Å². The fourth-order valence-corrected chi connectivity index (χ4v) is 7.87. The van der Waals surface area contributed by atoms with E-state index in [1.54, 1.807) is 0 Å². The number of carbonyl (C=O) groups is 3. The lowest BCUT2D eigenvalue weighted by Crippen LogP contribution is -2.28. The number of carbonyl (C=O) groups excluding carboxylic acids is 2. The molecule has 6 heteroatoms. The Morgan fingerprint density at radius 1 is 0.400 bits per heavy atom. The van der Waals surface area contributed by atoms with E-state index in [1.165, 1.54) is 193 Å². The molecule has 0 aliphatic rings. The highest BCUT2D eigenvalue weighted by Gasteiger charge is 2.14. The van der Waals surface area contributed by atoms with Gasteiger partial charge >= 0.3 is 11.9 Å². The quantitative estimate of drug-likeness (QED) is 0.0474. The third-order valence-corrected chi connectivity index (χ3v) is 11.5. The molecule has 0 bridgehead atoms. The predicted octanol–water partition coefficient (Wildman–Crippen LogP) is 15.5. The van der Waals surface area contributed by atoms with Gasteiger partial charge in [-0.3, -0.25) is 14.4 Å². The number of carboxylic acid groups (broad SMARTS) is 1. The van der Waals surface area contributed by atoms with Crippen LogP contribution in [0.4, 0.5) is 0 Å². The molecule has 0 aromatic carbocycles. The summed E-state index contributed by atoms with van der Waals surface area (Å²) in [4.78, 5) is 35.2. The maximum absolute atomic E-state index is 12.8. The molecule has 0 fully saturated rings. The summed E-state index contributed by atoms with van der Waals surface area (Å²) in [5.41, 5.74) is 0. The summed E-state index contributed by atoms with van der Waals surface area (Å²) < 4.78 is 6.07. The Labute approximate surface area is 342 Å². The van der Waals surface area contributed by atoms with Crippen molar-refractivity contribution in [2.24, 2.45) is 0 Å². The molecule has 55 heavy (non-hydrogen) atoms. The minimum atomic E-state index is -1.01. The van der Waals surface area contributed by atoms with E-state index in [4.69, 9.17) is 9.84 Å². The number of nitrogens with one attached hydrogen (secondary N) is 1. The van der Waals surface area contributed by atoms with E-state index in [0.29, 0.717) is 12.8 Å². The van der Waals surface area contributed by atoms with Gasteiger partial charge in [0, 0.05) is 12.8 Å². The number of amides is 1. The van der Waals surface area contributed by atoms with Crippen LogP contribution in [0.1, 0.15) is 284 Å². The van der Waals surface area contributed by atoms with Crippen LogP contribution in [0.25, 0.3) is 0 Å². The molecule has 1 unspecified atom stereocenters. The topological polar surface area (TPSA) is 92.7 Å². The Morgan fingerprint density at radius 3 is 0.982 bits per heavy atom. The van der Waals surface area contributed by atoms with Gasteiger partial charge in [-0.2, -0.15) is 0 Å². The summed E-state index contributed by atoms with van der Waals surface area (Å²) in [6.45, 7) is 4.26. The van der Waals surface area contributed by atoms with Crippen LogP contribution >= 0.6 is 0 Å². The van der Waals surface area contributed by atoms with Gasteiger partial charge < -0.3 is 15.2 Å². The van der Waals surface area contributed by atoms with Crippen LogP contribution in [0.15, 0.2) is 0 Å². The Kier molecular flexibility index (Phi) is 43.8. The normalized spacial score (nSPS) is 11.9. The lowest BCUT2D eigenvalue weighted by atomic mass is 10.0. The SMILES string of the molecule is CCCCCCCCCCCCCCCCCCCCCC(=O)OC(CCCCCCCCCCCCCCCC)CCCCCCCC(=O)NCC(=O)O. The zero-order chi connectivity index (χ0) is 40.1. The lowest BCUT2D eigenvalue weighted by molar-refractivity contribution is -0.150. The molecule has 0 heterocycles.